The van der Waals surface area contributed by atoms with Crippen LogP contribution in [0.2, 0.25) is 0 Å². The molecule has 170 valence electrons. The lowest BCUT2D eigenvalue weighted by molar-refractivity contribution is -0.118. The highest BCUT2D eigenvalue weighted by atomic mass is 16.2. The van der Waals surface area contributed by atoms with Gasteiger partial charge in [-0.2, -0.15) is 10.5 Å². The van der Waals surface area contributed by atoms with E-state index in [9.17, 15) is 4.79 Å². The molecule has 1 amide bonds. The van der Waals surface area contributed by atoms with Gasteiger partial charge in [-0.05, 0) is 90.8 Å². The summed E-state index contributed by atoms with van der Waals surface area (Å²) in [5, 5.41) is 23.4. The molecule has 0 saturated carbocycles. The van der Waals surface area contributed by atoms with E-state index in [4.69, 9.17) is 15.5 Å². The summed E-state index contributed by atoms with van der Waals surface area (Å²) in [6, 6.07) is 28.5. The van der Waals surface area contributed by atoms with E-state index in [1.807, 2.05) is 54.6 Å². The molecule has 0 fully saturated rings. The fourth-order valence-electron chi connectivity index (χ4n) is 4.54. The Morgan fingerprint density at radius 1 is 0.750 bits per heavy atom. The molecule has 5 aromatic rings. The molecule has 6 rings (SSSR count). The van der Waals surface area contributed by atoms with E-state index in [0.717, 1.165) is 38.7 Å². The van der Waals surface area contributed by atoms with E-state index in [2.05, 4.69) is 22.4 Å². The van der Waals surface area contributed by atoms with Gasteiger partial charge in [0, 0.05) is 22.9 Å². The number of hydrogen-bond donors (Lipinski definition) is 1. The number of hydrogen-bond acceptors (Lipinski definition) is 6. The molecular weight excluding hydrogens is 448 g/mol. The van der Waals surface area contributed by atoms with Crippen LogP contribution in [0.25, 0.3) is 21.8 Å². The van der Waals surface area contributed by atoms with Crippen molar-refractivity contribution < 1.29 is 4.79 Å². The SMILES string of the molecule is N#Cc1ccc2nc(Nc3ccc4c(c3)CCC(=O)N4c3ccc4cc(C#N)ccc4n3)ccc2c1. The minimum Gasteiger partial charge on any atom is -0.340 e. The summed E-state index contributed by atoms with van der Waals surface area (Å²) < 4.78 is 0. The second-order valence-corrected chi connectivity index (χ2v) is 8.60. The van der Waals surface area contributed by atoms with E-state index < -0.39 is 0 Å². The van der Waals surface area contributed by atoms with E-state index >= 15 is 0 Å². The van der Waals surface area contributed by atoms with Gasteiger partial charge in [0.15, 0.2) is 0 Å². The Morgan fingerprint density at radius 2 is 1.44 bits per heavy atom. The van der Waals surface area contributed by atoms with Crippen molar-refractivity contribution in [2.45, 2.75) is 12.8 Å². The molecule has 0 spiro atoms. The van der Waals surface area contributed by atoms with Crippen LogP contribution >= 0.6 is 0 Å². The van der Waals surface area contributed by atoms with Crippen LogP contribution in [0.15, 0.2) is 78.9 Å². The quantitative estimate of drug-likeness (QED) is 0.356. The number of rotatable bonds is 3. The van der Waals surface area contributed by atoms with E-state index in [-0.39, 0.29) is 5.91 Å². The predicted molar refractivity (Wildman–Crippen MR) is 138 cm³/mol. The van der Waals surface area contributed by atoms with Crippen LogP contribution in [0.1, 0.15) is 23.1 Å². The smallest absolute Gasteiger partial charge is 0.233 e. The maximum atomic E-state index is 12.9. The number of aryl methyl sites for hydroxylation is 1. The number of fused-ring (bicyclic) bond motifs is 3. The maximum Gasteiger partial charge on any atom is 0.233 e. The number of benzene rings is 3. The molecule has 0 saturated heterocycles. The van der Waals surface area contributed by atoms with Crippen molar-refractivity contribution in [3.63, 3.8) is 0 Å². The minimum absolute atomic E-state index is 0.00311. The van der Waals surface area contributed by atoms with Gasteiger partial charge < -0.3 is 5.32 Å². The number of anilines is 4. The van der Waals surface area contributed by atoms with E-state index in [0.29, 0.717) is 35.6 Å². The van der Waals surface area contributed by atoms with Gasteiger partial charge in [0.1, 0.15) is 11.6 Å². The van der Waals surface area contributed by atoms with Crippen LogP contribution < -0.4 is 10.2 Å². The second-order valence-electron chi connectivity index (χ2n) is 8.60. The number of nitriles is 2. The largest absolute Gasteiger partial charge is 0.340 e. The lowest BCUT2D eigenvalue weighted by atomic mass is 10.00. The molecule has 36 heavy (non-hydrogen) atoms. The molecule has 7 heteroatoms. The maximum absolute atomic E-state index is 12.9. The number of nitrogens with zero attached hydrogens (tertiary/aromatic N) is 5. The first-order valence-corrected chi connectivity index (χ1v) is 11.5. The molecule has 7 nitrogen and oxygen atoms in total. The summed E-state index contributed by atoms with van der Waals surface area (Å²) >= 11 is 0. The van der Waals surface area contributed by atoms with Crippen LogP contribution in [-0.2, 0) is 11.2 Å². The highest BCUT2D eigenvalue weighted by Gasteiger charge is 2.27. The van der Waals surface area contributed by atoms with Crippen molar-refractivity contribution in [2.75, 3.05) is 10.2 Å². The zero-order valence-corrected chi connectivity index (χ0v) is 19.1. The fourth-order valence-corrected chi connectivity index (χ4v) is 4.54. The van der Waals surface area contributed by atoms with Gasteiger partial charge in [0.2, 0.25) is 5.91 Å². The number of nitrogens with one attached hydrogen (secondary N) is 1. The molecule has 0 aliphatic carbocycles. The first kappa shape index (κ1) is 21.3. The lowest BCUT2D eigenvalue weighted by Crippen LogP contribution is -2.31. The molecule has 1 aliphatic rings. The van der Waals surface area contributed by atoms with Crippen molar-refractivity contribution in [2.24, 2.45) is 0 Å². The van der Waals surface area contributed by atoms with E-state index in [1.54, 1.807) is 29.2 Å². The number of amides is 1. The topological polar surface area (TPSA) is 106 Å². The number of carbonyl (C=O) groups is 1. The average Bonchev–Trinajstić information content (AvgIpc) is 2.92. The summed E-state index contributed by atoms with van der Waals surface area (Å²) in [7, 11) is 0. The van der Waals surface area contributed by atoms with Crippen molar-refractivity contribution >= 4 is 50.7 Å². The lowest BCUT2D eigenvalue weighted by Gasteiger charge is -2.29. The van der Waals surface area contributed by atoms with Gasteiger partial charge in [-0.3, -0.25) is 9.69 Å². The molecule has 0 unspecified atom stereocenters. The van der Waals surface area contributed by atoms with Crippen LogP contribution in [-0.4, -0.2) is 15.9 Å². The standard InChI is InChI=1S/C29H18N6O/c30-16-18-1-7-24-20(13-18)3-10-27(33-24)32-23-6-9-26-22(15-23)5-12-29(36)35(26)28-11-4-21-14-19(17-31)2-8-25(21)34-28/h1-4,6-11,13-15H,5,12H2,(H,32,33). The molecular formula is C29H18N6O. The third kappa shape index (κ3) is 3.75. The Hall–Kier alpha value is -5.27. The summed E-state index contributed by atoms with van der Waals surface area (Å²) in [4.78, 5) is 24.0. The molecule has 3 heterocycles. The Morgan fingerprint density at radius 3 is 2.17 bits per heavy atom. The van der Waals surface area contributed by atoms with Crippen molar-refractivity contribution in [3.8, 4) is 12.1 Å². The highest BCUT2D eigenvalue weighted by Crippen LogP contribution is 2.36. The van der Waals surface area contributed by atoms with Crippen LogP contribution in [0.4, 0.5) is 23.0 Å². The van der Waals surface area contributed by atoms with Gasteiger partial charge in [0.25, 0.3) is 0 Å². The third-order valence-corrected chi connectivity index (χ3v) is 6.30. The average molecular weight is 467 g/mol. The Kier molecular flexibility index (Phi) is 5.02. The number of pyridine rings is 2. The first-order valence-electron chi connectivity index (χ1n) is 11.5. The van der Waals surface area contributed by atoms with Crippen LogP contribution in [0, 0.1) is 22.7 Å². The van der Waals surface area contributed by atoms with Gasteiger partial charge in [0.05, 0.1) is 40.0 Å². The molecule has 0 bridgehead atoms. The normalized spacial score (nSPS) is 12.7. The zero-order chi connectivity index (χ0) is 24.6. The number of aromatic nitrogens is 2. The van der Waals surface area contributed by atoms with E-state index in [1.165, 1.54) is 0 Å². The summed E-state index contributed by atoms with van der Waals surface area (Å²) in [6.07, 6.45) is 1.03. The Balaban J connectivity index is 1.32. The molecule has 1 aliphatic heterocycles. The minimum atomic E-state index is -0.00311. The highest BCUT2D eigenvalue weighted by molar-refractivity contribution is 6.03. The van der Waals surface area contributed by atoms with Crippen LogP contribution in [0.3, 0.4) is 0 Å². The Bertz CT molecular complexity index is 1780. The van der Waals surface area contributed by atoms with Crippen molar-refractivity contribution in [1.82, 2.24) is 9.97 Å². The molecule has 1 N–H and O–H groups in total. The predicted octanol–water partition coefficient (Wildman–Crippen LogP) is 5.88. The molecule has 3 aromatic carbocycles. The van der Waals surface area contributed by atoms with Crippen molar-refractivity contribution in [1.29, 1.82) is 10.5 Å². The fraction of sp³-hybridized carbons (Fsp3) is 0.0690. The van der Waals surface area contributed by atoms with Gasteiger partial charge in [-0.1, -0.05) is 0 Å². The molecule has 0 atom stereocenters. The summed E-state index contributed by atoms with van der Waals surface area (Å²) in [5.41, 5.74) is 5.44. The molecule has 0 radical (unpaired) electrons. The monoisotopic (exact) mass is 466 g/mol. The van der Waals surface area contributed by atoms with Crippen molar-refractivity contribution in [3.05, 3.63) is 95.6 Å². The summed E-state index contributed by atoms with van der Waals surface area (Å²) in [6.45, 7) is 0. The van der Waals surface area contributed by atoms with Gasteiger partial charge in [-0.15, -0.1) is 0 Å². The van der Waals surface area contributed by atoms with Gasteiger partial charge in [-0.25, -0.2) is 9.97 Å². The van der Waals surface area contributed by atoms with Gasteiger partial charge >= 0.3 is 0 Å². The Labute approximate surface area is 206 Å². The second kappa shape index (κ2) is 8.50. The van der Waals surface area contributed by atoms with Crippen LogP contribution in [0.5, 0.6) is 0 Å². The molecule has 2 aromatic heterocycles. The number of carbonyl (C=O) groups excluding carboxylic acids is 1. The zero-order valence-electron chi connectivity index (χ0n) is 19.1. The first-order chi connectivity index (χ1) is 17.6. The summed E-state index contributed by atoms with van der Waals surface area (Å²) in [5.74, 6) is 1.26. The third-order valence-electron chi connectivity index (χ3n) is 6.30.